The maximum atomic E-state index is 12.7. The van der Waals surface area contributed by atoms with E-state index in [0.29, 0.717) is 5.88 Å². The lowest BCUT2D eigenvalue weighted by Crippen LogP contribution is -2.50. The number of carbonyl (C=O) groups excluding carboxylic acids is 2. The zero-order valence-corrected chi connectivity index (χ0v) is 14.2. The van der Waals surface area contributed by atoms with E-state index in [4.69, 9.17) is 0 Å². The van der Waals surface area contributed by atoms with Gasteiger partial charge in [0.15, 0.2) is 0 Å². The monoisotopic (exact) mass is 330 g/mol. The molecule has 23 heavy (non-hydrogen) atoms. The quantitative estimate of drug-likeness (QED) is 0.837. The SMILES string of the molecule is CC(=O)N1CSCC1C(=O)N1CCC(=Cc2ccccc2)CC1. The Balaban J connectivity index is 1.59. The average Bonchev–Trinajstić information content (AvgIpc) is 3.06. The lowest BCUT2D eigenvalue weighted by atomic mass is 10.0. The highest BCUT2D eigenvalue weighted by Gasteiger charge is 2.36. The van der Waals surface area contributed by atoms with Crippen LogP contribution >= 0.6 is 11.8 Å². The first kappa shape index (κ1) is 16.1. The van der Waals surface area contributed by atoms with Crippen molar-refractivity contribution in [2.75, 3.05) is 24.7 Å². The molecule has 1 atom stereocenters. The van der Waals surface area contributed by atoms with Crippen LogP contribution in [0.5, 0.6) is 0 Å². The Morgan fingerprint density at radius 3 is 2.52 bits per heavy atom. The summed E-state index contributed by atoms with van der Waals surface area (Å²) in [6.07, 6.45) is 4.07. The van der Waals surface area contributed by atoms with Gasteiger partial charge in [0.25, 0.3) is 0 Å². The highest BCUT2D eigenvalue weighted by molar-refractivity contribution is 7.99. The summed E-state index contributed by atoms with van der Waals surface area (Å²) in [5.74, 6) is 1.47. The number of rotatable bonds is 2. The van der Waals surface area contributed by atoms with Gasteiger partial charge in [0.2, 0.25) is 11.8 Å². The third-order valence-electron chi connectivity index (χ3n) is 4.46. The van der Waals surface area contributed by atoms with Gasteiger partial charge < -0.3 is 9.80 Å². The molecule has 2 aliphatic rings. The Labute approximate surface area is 141 Å². The van der Waals surface area contributed by atoms with Crippen LogP contribution in [0.1, 0.15) is 25.3 Å². The molecule has 2 heterocycles. The van der Waals surface area contributed by atoms with E-state index in [1.54, 1.807) is 23.6 Å². The molecule has 0 bridgehead atoms. The Morgan fingerprint density at radius 2 is 1.87 bits per heavy atom. The van der Waals surface area contributed by atoms with Crippen molar-refractivity contribution < 1.29 is 9.59 Å². The second-order valence-electron chi connectivity index (χ2n) is 6.04. The van der Waals surface area contributed by atoms with E-state index in [1.807, 2.05) is 23.1 Å². The summed E-state index contributed by atoms with van der Waals surface area (Å²) >= 11 is 1.66. The minimum atomic E-state index is -0.267. The molecule has 1 aromatic rings. The fraction of sp³-hybridized carbons (Fsp3) is 0.444. The Morgan fingerprint density at radius 1 is 1.17 bits per heavy atom. The topological polar surface area (TPSA) is 40.6 Å². The number of hydrogen-bond acceptors (Lipinski definition) is 3. The molecule has 4 nitrogen and oxygen atoms in total. The van der Waals surface area contributed by atoms with Crippen molar-refractivity contribution >= 4 is 29.7 Å². The second-order valence-corrected chi connectivity index (χ2v) is 7.04. The van der Waals surface area contributed by atoms with Gasteiger partial charge in [0.05, 0.1) is 5.88 Å². The number of hydrogen-bond donors (Lipinski definition) is 0. The number of nitrogens with zero attached hydrogens (tertiary/aromatic N) is 2. The van der Waals surface area contributed by atoms with E-state index in [9.17, 15) is 9.59 Å². The maximum absolute atomic E-state index is 12.7. The van der Waals surface area contributed by atoms with Crippen LogP contribution in [0.4, 0.5) is 0 Å². The van der Waals surface area contributed by atoms with Gasteiger partial charge in [-0.2, -0.15) is 0 Å². The normalized spacial score (nSPS) is 21.4. The Bertz CT molecular complexity index is 605. The first-order chi connectivity index (χ1) is 11.1. The van der Waals surface area contributed by atoms with Crippen molar-refractivity contribution in [1.82, 2.24) is 9.80 Å². The molecule has 1 unspecified atom stereocenters. The molecule has 2 fully saturated rings. The summed E-state index contributed by atoms with van der Waals surface area (Å²) in [7, 11) is 0. The maximum Gasteiger partial charge on any atom is 0.246 e. The molecule has 2 saturated heterocycles. The average molecular weight is 330 g/mol. The minimum absolute atomic E-state index is 0.00461. The van der Waals surface area contributed by atoms with E-state index in [-0.39, 0.29) is 17.9 Å². The molecule has 1 aromatic carbocycles. The first-order valence-electron chi connectivity index (χ1n) is 8.03. The van der Waals surface area contributed by atoms with Crippen LogP contribution in [0.2, 0.25) is 0 Å². The molecule has 0 radical (unpaired) electrons. The number of carbonyl (C=O) groups is 2. The highest BCUT2D eigenvalue weighted by atomic mass is 32.2. The van der Waals surface area contributed by atoms with E-state index >= 15 is 0 Å². The largest absolute Gasteiger partial charge is 0.340 e. The molecule has 2 aliphatic heterocycles. The van der Waals surface area contributed by atoms with Crippen LogP contribution < -0.4 is 0 Å². The van der Waals surface area contributed by atoms with Crippen molar-refractivity contribution in [3.8, 4) is 0 Å². The van der Waals surface area contributed by atoms with Crippen molar-refractivity contribution in [3.63, 3.8) is 0 Å². The minimum Gasteiger partial charge on any atom is -0.340 e. The zero-order valence-electron chi connectivity index (χ0n) is 13.4. The van der Waals surface area contributed by atoms with Crippen molar-refractivity contribution in [3.05, 3.63) is 41.5 Å². The van der Waals surface area contributed by atoms with Crippen LogP contribution in [0.15, 0.2) is 35.9 Å². The highest BCUT2D eigenvalue weighted by Crippen LogP contribution is 2.25. The molecule has 0 aliphatic carbocycles. The van der Waals surface area contributed by atoms with E-state index in [2.05, 4.69) is 18.2 Å². The summed E-state index contributed by atoms with van der Waals surface area (Å²) in [4.78, 5) is 27.9. The predicted octanol–water partition coefficient (Wildman–Crippen LogP) is 2.61. The Kier molecular flexibility index (Phi) is 5.06. The summed E-state index contributed by atoms with van der Waals surface area (Å²) in [6, 6.07) is 10.0. The fourth-order valence-electron chi connectivity index (χ4n) is 3.11. The molecule has 122 valence electrons. The molecule has 0 N–H and O–H groups in total. The van der Waals surface area contributed by atoms with Crippen molar-refractivity contribution in [2.24, 2.45) is 0 Å². The van der Waals surface area contributed by atoms with Crippen LogP contribution in [0, 0.1) is 0 Å². The fourth-order valence-corrected chi connectivity index (χ4v) is 4.32. The van der Waals surface area contributed by atoms with E-state index < -0.39 is 0 Å². The van der Waals surface area contributed by atoms with Gasteiger partial charge in [-0.25, -0.2) is 0 Å². The summed E-state index contributed by atoms with van der Waals surface area (Å²) in [6.45, 7) is 3.05. The van der Waals surface area contributed by atoms with Gasteiger partial charge in [0, 0.05) is 25.8 Å². The lowest BCUT2D eigenvalue weighted by molar-refractivity contribution is -0.142. The molecular formula is C18H22N2O2S. The summed E-state index contributed by atoms with van der Waals surface area (Å²) in [5.41, 5.74) is 2.61. The molecule has 0 aromatic heterocycles. The molecule has 5 heteroatoms. The van der Waals surface area contributed by atoms with Gasteiger partial charge >= 0.3 is 0 Å². The zero-order chi connectivity index (χ0) is 16.2. The summed E-state index contributed by atoms with van der Waals surface area (Å²) in [5, 5.41) is 0. The molecule has 0 saturated carbocycles. The number of thioether (sulfide) groups is 1. The van der Waals surface area contributed by atoms with E-state index in [1.165, 1.54) is 11.1 Å². The van der Waals surface area contributed by atoms with Crippen LogP contribution in [0.25, 0.3) is 6.08 Å². The standard InChI is InChI=1S/C18H22N2O2S/c1-14(21)20-13-23-12-17(20)18(22)19-9-7-16(8-10-19)11-15-5-3-2-4-6-15/h2-6,11,17H,7-10,12-13H2,1H3. The van der Waals surface area contributed by atoms with Crippen molar-refractivity contribution in [1.29, 1.82) is 0 Å². The first-order valence-corrected chi connectivity index (χ1v) is 9.19. The molecule has 0 spiro atoms. The van der Waals surface area contributed by atoms with Crippen LogP contribution in [-0.2, 0) is 9.59 Å². The lowest BCUT2D eigenvalue weighted by Gasteiger charge is -2.32. The number of benzene rings is 1. The number of amides is 2. The Hall–Kier alpha value is -1.75. The van der Waals surface area contributed by atoms with Gasteiger partial charge in [-0.3, -0.25) is 9.59 Å². The van der Waals surface area contributed by atoms with Gasteiger partial charge in [-0.1, -0.05) is 42.0 Å². The van der Waals surface area contributed by atoms with Crippen LogP contribution in [-0.4, -0.2) is 52.4 Å². The van der Waals surface area contributed by atoms with Crippen LogP contribution in [0.3, 0.4) is 0 Å². The summed E-state index contributed by atoms with van der Waals surface area (Å²) < 4.78 is 0. The number of piperidine rings is 1. The van der Waals surface area contributed by atoms with Gasteiger partial charge in [-0.15, -0.1) is 11.8 Å². The van der Waals surface area contributed by atoms with Gasteiger partial charge in [-0.05, 0) is 18.4 Å². The molecule has 3 rings (SSSR count). The van der Waals surface area contributed by atoms with E-state index in [0.717, 1.165) is 31.7 Å². The molecular weight excluding hydrogens is 308 g/mol. The second kappa shape index (κ2) is 7.21. The van der Waals surface area contributed by atoms with Gasteiger partial charge in [0.1, 0.15) is 6.04 Å². The number of likely N-dealkylation sites (tertiary alicyclic amines) is 1. The predicted molar refractivity (Wildman–Crippen MR) is 93.9 cm³/mol. The molecule has 2 amide bonds. The third-order valence-corrected chi connectivity index (χ3v) is 5.47. The van der Waals surface area contributed by atoms with Crippen molar-refractivity contribution in [2.45, 2.75) is 25.8 Å². The smallest absolute Gasteiger partial charge is 0.246 e. The third kappa shape index (κ3) is 3.78.